The van der Waals surface area contributed by atoms with E-state index in [1.807, 2.05) is 24.3 Å². The van der Waals surface area contributed by atoms with Crippen molar-refractivity contribution in [3.63, 3.8) is 0 Å². The van der Waals surface area contributed by atoms with E-state index in [-0.39, 0.29) is 23.0 Å². The molecule has 1 aliphatic rings. The molecule has 0 saturated heterocycles. The van der Waals surface area contributed by atoms with Gasteiger partial charge in [-0.05, 0) is 35.3 Å². The summed E-state index contributed by atoms with van der Waals surface area (Å²) in [5, 5.41) is 10.5. The van der Waals surface area contributed by atoms with E-state index in [0.717, 1.165) is 19.3 Å². The Morgan fingerprint density at radius 3 is 2.28 bits per heavy atom. The van der Waals surface area contributed by atoms with Crippen molar-refractivity contribution in [1.29, 1.82) is 0 Å². The summed E-state index contributed by atoms with van der Waals surface area (Å²) in [7, 11) is 0. The smallest absolute Gasteiger partial charge is 0.336 e. The van der Waals surface area contributed by atoms with Gasteiger partial charge >= 0.3 is 5.97 Å². The zero-order chi connectivity index (χ0) is 21.0. The van der Waals surface area contributed by atoms with Gasteiger partial charge < -0.3 is 9.84 Å². The zero-order valence-electron chi connectivity index (χ0n) is 17.7. The number of esters is 1. The van der Waals surface area contributed by atoms with E-state index in [4.69, 9.17) is 4.74 Å². The molecule has 0 heterocycles. The van der Waals surface area contributed by atoms with E-state index < -0.39 is 12.1 Å². The van der Waals surface area contributed by atoms with E-state index in [1.54, 1.807) is 12.1 Å². The van der Waals surface area contributed by atoms with Crippen molar-refractivity contribution in [2.45, 2.75) is 57.7 Å². The Morgan fingerprint density at radius 1 is 1.07 bits per heavy atom. The topological polar surface area (TPSA) is 46.5 Å². The Balaban J connectivity index is 1.77. The minimum Gasteiger partial charge on any atom is -0.459 e. The fourth-order valence-corrected chi connectivity index (χ4v) is 4.53. The van der Waals surface area contributed by atoms with Crippen LogP contribution in [0.25, 0.3) is 0 Å². The number of carbonyl (C=O) groups is 1. The third kappa shape index (κ3) is 4.79. The van der Waals surface area contributed by atoms with Gasteiger partial charge in [0.2, 0.25) is 0 Å². The molecule has 0 bridgehead atoms. The van der Waals surface area contributed by atoms with Crippen LogP contribution in [-0.2, 0) is 14.9 Å². The average Bonchev–Trinajstić information content (AvgIpc) is 2.73. The highest BCUT2D eigenvalue weighted by molar-refractivity contribution is 5.89. The van der Waals surface area contributed by atoms with Crippen LogP contribution in [0.2, 0.25) is 0 Å². The van der Waals surface area contributed by atoms with E-state index >= 15 is 0 Å². The highest BCUT2D eigenvalue weighted by Gasteiger charge is 2.42. The number of aliphatic hydroxyl groups excluding tert-OH is 1. The first kappa shape index (κ1) is 21.3. The van der Waals surface area contributed by atoms with Gasteiger partial charge in [-0.2, -0.15) is 0 Å². The van der Waals surface area contributed by atoms with E-state index in [1.165, 1.54) is 5.56 Å². The molecule has 29 heavy (non-hydrogen) atoms. The first-order valence-electron chi connectivity index (χ1n) is 10.5. The number of hydrogen-bond donors (Lipinski definition) is 1. The summed E-state index contributed by atoms with van der Waals surface area (Å²) < 4.78 is 5.99. The molecule has 3 heteroatoms. The van der Waals surface area contributed by atoms with Crippen LogP contribution in [0.15, 0.2) is 72.8 Å². The lowest BCUT2D eigenvalue weighted by Crippen LogP contribution is -2.43. The van der Waals surface area contributed by atoms with Crippen molar-refractivity contribution < 1.29 is 14.6 Å². The van der Waals surface area contributed by atoms with Gasteiger partial charge in [-0.25, -0.2) is 4.79 Å². The summed E-state index contributed by atoms with van der Waals surface area (Å²) in [5.41, 5.74) is 1.87. The molecular weight excluding hydrogens is 360 g/mol. The van der Waals surface area contributed by atoms with E-state index in [2.05, 4.69) is 51.6 Å². The average molecular weight is 393 g/mol. The summed E-state index contributed by atoms with van der Waals surface area (Å²) >= 11 is 0. The second-order valence-electron chi connectivity index (χ2n) is 8.89. The third-order valence-corrected chi connectivity index (χ3v) is 6.46. The van der Waals surface area contributed by atoms with Crippen molar-refractivity contribution >= 4 is 5.97 Å². The minimum absolute atomic E-state index is 0.0886. The molecule has 0 spiro atoms. The fraction of sp³-hybridized carbons (Fsp3) is 0.423. The summed E-state index contributed by atoms with van der Waals surface area (Å²) in [4.78, 5) is 12.9. The SMILES string of the molecule is C=C(C(=O)O[C@@H]1C[C@H](C)CC[C@H]1C(C)(C)c1ccccc1)C(O)c1ccccc1. The molecule has 1 aliphatic carbocycles. The molecule has 4 atom stereocenters. The van der Waals surface area contributed by atoms with Crippen LogP contribution in [0.1, 0.15) is 57.3 Å². The highest BCUT2D eigenvalue weighted by Crippen LogP contribution is 2.44. The van der Waals surface area contributed by atoms with Crippen molar-refractivity contribution in [3.05, 3.63) is 83.9 Å². The lowest BCUT2D eigenvalue weighted by molar-refractivity contribution is -0.153. The Bertz CT molecular complexity index is 826. The molecule has 3 rings (SSSR count). The van der Waals surface area contributed by atoms with Crippen LogP contribution < -0.4 is 0 Å². The van der Waals surface area contributed by atoms with Gasteiger partial charge in [0.05, 0.1) is 5.57 Å². The Morgan fingerprint density at radius 2 is 1.66 bits per heavy atom. The van der Waals surface area contributed by atoms with Gasteiger partial charge in [0.15, 0.2) is 0 Å². The maximum Gasteiger partial charge on any atom is 0.336 e. The molecule has 0 aliphatic heterocycles. The van der Waals surface area contributed by atoms with Crippen LogP contribution in [-0.4, -0.2) is 17.2 Å². The van der Waals surface area contributed by atoms with Gasteiger partial charge in [-0.3, -0.25) is 0 Å². The summed E-state index contributed by atoms with van der Waals surface area (Å²) in [6.07, 6.45) is 1.73. The maximum atomic E-state index is 12.9. The molecule has 1 saturated carbocycles. The molecule has 1 fully saturated rings. The molecule has 0 radical (unpaired) electrons. The lowest BCUT2D eigenvalue weighted by atomic mass is 9.64. The standard InChI is InChI=1S/C26H32O3/c1-18-15-16-22(26(3,4)21-13-9-6-10-14-21)23(17-18)29-25(28)19(2)24(27)20-11-7-5-8-12-20/h5-14,18,22-24,27H,2,15-17H2,1,3-4H3/t18-,22-,23-,24?/m1/s1. The summed E-state index contributed by atoms with van der Waals surface area (Å²) in [5.74, 6) is 0.212. The maximum absolute atomic E-state index is 12.9. The fourth-order valence-electron chi connectivity index (χ4n) is 4.53. The first-order chi connectivity index (χ1) is 13.8. The first-order valence-corrected chi connectivity index (χ1v) is 10.5. The molecular formula is C26H32O3. The predicted octanol–water partition coefficient (Wildman–Crippen LogP) is 5.60. The number of carbonyl (C=O) groups excluding carboxylic acids is 1. The second kappa shape index (κ2) is 8.96. The quantitative estimate of drug-likeness (QED) is 0.514. The van der Waals surface area contributed by atoms with Crippen LogP contribution in [0.5, 0.6) is 0 Å². The molecule has 3 nitrogen and oxygen atoms in total. The zero-order valence-corrected chi connectivity index (χ0v) is 17.7. The van der Waals surface area contributed by atoms with Crippen LogP contribution in [0.3, 0.4) is 0 Å². The van der Waals surface area contributed by atoms with Crippen molar-refractivity contribution in [2.24, 2.45) is 11.8 Å². The number of benzene rings is 2. The van der Waals surface area contributed by atoms with E-state index in [0.29, 0.717) is 11.5 Å². The van der Waals surface area contributed by atoms with Crippen molar-refractivity contribution in [1.82, 2.24) is 0 Å². The Kier molecular flexibility index (Phi) is 6.59. The predicted molar refractivity (Wildman–Crippen MR) is 116 cm³/mol. The number of hydrogen-bond acceptors (Lipinski definition) is 3. The lowest BCUT2D eigenvalue weighted by Gasteiger charge is -2.44. The minimum atomic E-state index is -1.05. The molecule has 1 N–H and O–H groups in total. The number of aliphatic hydroxyl groups is 1. The summed E-state index contributed by atoms with van der Waals surface area (Å²) in [6, 6.07) is 19.5. The Labute approximate surface area is 174 Å². The molecule has 2 aromatic carbocycles. The van der Waals surface area contributed by atoms with Crippen molar-refractivity contribution in [2.75, 3.05) is 0 Å². The molecule has 0 amide bonds. The number of ether oxygens (including phenoxy) is 1. The summed E-state index contributed by atoms with van der Waals surface area (Å²) in [6.45, 7) is 10.5. The van der Waals surface area contributed by atoms with Crippen LogP contribution in [0, 0.1) is 11.8 Å². The van der Waals surface area contributed by atoms with E-state index in [9.17, 15) is 9.90 Å². The normalized spacial score (nSPS) is 23.2. The monoisotopic (exact) mass is 392 g/mol. The number of rotatable bonds is 6. The van der Waals surface area contributed by atoms with Gasteiger partial charge in [0.1, 0.15) is 12.2 Å². The largest absolute Gasteiger partial charge is 0.459 e. The van der Waals surface area contributed by atoms with Crippen molar-refractivity contribution in [3.8, 4) is 0 Å². The highest BCUT2D eigenvalue weighted by atomic mass is 16.5. The van der Waals surface area contributed by atoms with Crippen LogP contribution >= 0.6 is 0 Å². The Hall–Kier alpha value is -2.39. The van der Waals surface area contributed by atoms with Gasteiger partial charge in [0, 0.05) is 5.92 Å². The van der Waals surface area contributed by atoms with Crippen LogP contribution in [0.4, 0.5) is 0 Å². The third-order valence-electron chi connectivity index (χ3n) is 6.46. The molecule has 154 valence electrons. The molecule has 2 aromatic rings. The van der Waals surface area contributed by atoms with Gasteiger partial charge in [0.25, 0.3) is 0 Å². The van der Waals surface area contributed by atoms with Gasteiger partial charge in [-0.15, -0.1) is 0 Å². The molecule has 0 aromatic heterocycles. The second-order valence-corrected chi connectivity index (χ2v) is 8.89. The van der Waals surface area contributed by atoms with Gasteiger partial charge in [-0.1, -0.05) is 94.4 Å². The molecule has 1 unspecified atom stereocenters.